The summed E-state index contributed by atoms with van der Waals surface area (Å²) in [6.07, 6.45) is 2.22. The number of nitrogens with zero attached hydrogens (tertiary/aromatic N) is 2. The van der Waals surface area contributed by atoms with Crippen molar-refractivity contribution >= 4 is 46.0 Å². The fraction of sp³-hybridized carbons (Fsp3) is 0.143. The number of carbonyl (C=O) groups is 3. The summed E-state index contributed by atoms with van der Waals surface area (Å²) in [5.41, 5.74) is 0. The van der Waals surface area contributed by atoms with Gasteiger partial charge in [0.25, 0.3) is 17.7 Å². The van der Waals surface area contributed by atoms with Gasteiger partial charge in [-0.1, -0.05) is 24.0 Å². The Kier molecular flexibility index (Phi) is 2.12. The summed E-state index contributed by atoms with van der Waals surface area (Å²) < 4.78 is 0.236. The lowest BCUT2D eigenvalue weighted by atomic mass is 10.6. The van der Waals surface area contributed by atoms with Gasteiger partial charge in [0.15, 0.2) is 4.32 Å². The van der Waals surface area contributed by atoms with Crippen molar-refractivity contribution in [3.63, 3.8) is 0 Å². The number of thiocarbonyl (C=S) groups is 1. The number of carbonyl (C=O) groups excluding carboxylic acids is 3. The Labute approximate surface area is 88.7 Å². The van der Waals surface area contributed by atoms with Crippen molar-refractivity contribution in [1.82, 2.24) is 10.0 Å². The molecule has 0 N–H and O–H groups in total. The van der Waals surface area contributed by atoms with Crippen LogP contribution in [0.1, 0.15) is 0 Å². The number of hydrazine groups is 1. The van der Waals surface area contributed by atoms with E-state index in [0.29, 0.717) is 0 Å². The predicted molar refractivity (Wildman–Crippen MR) is 52.9 cm³/mol. The Morgan fingerprint density at radius 1 is 1.14 bits per heavy atom. The normalized spacial score (nSPS) is 21.7. The molecule has 0 aromatic carbocycles. The molecule has 2 aliphatic rings. The van der Waals surface area contributed by atoms with Crippen LogP contribution < -0.4 is 0 Å². The van der Waals surface area contributed by atoms with Gasteiger partial charge in [0.2, 0.25) is 0 Å². The van der Waals surface area contributed by atoms with Crippen molar-refractivity contribution in [1.29, 1.82) is 0 Å². The third kappa shape index (κ3) is 1.25. The molecule has 0 aromatic rings. The Morgan fingerprint density at radius 3 is 2.14 bits per heavy atom. The van der Waals surface area contributed by atoms with Crippen molar-refractivity contribution in [2.24, 2.45) is 0 Å². The summed E-state index contributed by atoms with van der Waals surface area (Å²) in [6.45, 7) is 0. The average Bonchev–Trinajstić information content (AvgIpc) is 2.60. The van der Waals surface area contributed by atoms with E-state index in [9.17, 15) is 14.4 Å². The standard InChI is InChI=1S/C7H4N2O3S2/c10-4-1-2-5(11)8(4)9-6(12)3-14-7(9)13/h1-2H,3H2. The molecule has 0 saturated carbocycles. The smallest absolute Gasteiger partial charge is 0.272 e. The molecule has 0 unspecified atom stereocenters. The molecule has 0 radical (unpaired) electrons. The molecule has 0 spiro atoms. The van der Waals surface area contributed by atoms with Gasteiger partial charge in [-0.3, -0.25) is 14.4 Å². The van der Waals surface area contributed by atoms with Gasteiger partial charge in [-0.05, 0) is 0 Å². The van der Waals surface area contributed by atoms with Gasteiger partial charge in [-0.15, -0.1) is 0 Å². The Bertz CT molecular complexity index is 356. The molecule has 0 atom stereocenters. The fourth-order valence-electron chi connectivity index (χ4n) is 1.13. The quantitative estimate of drug-likeness (QED) is 0.455. The van der Waals surface area contributed by atoms with E-state index in [1.165, 1.54) is 0 Å². The molecule has 0 aliphatic carbocycles. The van der Waals surface area contributed by atoms with Crippen LogP contribution in [0, 0.1) is 0 Å². The maximum atomic E-state index is 11.3. The van der Waals surface area contributed by atoms with E-state index in [4.69, 9.17) is 12.2 Å². The number of amides is 3. The minimum Gasteiger partial charge on any atom is -0.272 e. The average molecular weight is 228 g/mol. The summed E-state index contributed by atoms with van der Waals surface area (Å²) in [6, 6.07) is 0. The Balaban J connectivity index is 2.31. The van der Waals surface area contributed by atoms with Crippen LogP contribution in [-0.2, 0) is 14.4 Å². The molecule has 0 bridgehead atoms. The summed E-state index contributed by atoms with van der Waals surface area (Å²) in [5, 5.41) is 1.70. The maximum Gasteiger partial charge on any atom is 0.273 e. The van der Waals surface area contributed by atoms with Gasteiger partial charge >= 0.3 is 0 Å². The van der Waals surface area contributed by atoms with Crippen LogP contribution in [0.5, 0.6) is 0 Å². The maximum absolute atomic E-state index is 11.3. The Hall–Kier alpha value is -1.21. The van der Waals surface area contributed by atoms with E-state index in [1.54, 1.807) is 0 Å². The van der Waals surface area contributed by atoms with Crippen molar-refractivity contribution in [2.45, 2.75) is 0 Å². The van der Waals surface area contributed by atoms with E-state index in [0.717, 1.165) is 33.9 Å². The van der Waals surface area contributed by atoms with Gasteiger partial charge in [0.1, 0.15) is 0 Å². The van der Waals surface area contributed by atoms with Gasteiger partial charge in [0, 0.05) is 12.2 Å². The summed E-state index contributed by atoms with van der Waals surface area (Å²) in [5.74, 6) is -1.23. The summed E-state index contributed by atoms with van der Waals surface area (Å²) >= 11 is 5.99. The van der Waals surface area contributed by atoms with Crippen molar-refractivity contribution in [2.75, 3.05) is 5.75 Å². The first kappa shape index (κ1) is 9.35. The molecule has 72 valence electrons. The zero-order chi connectivity index (χ0) is 10.3. The van der Waals surface area contributed by atoms with Crippen LogP contribution in [0.25, 0.3) is 0 Å². The lowest BCUT2D eigenvalue weighted by Gasteiger charge is -2.23. The third-order valence-electron chi connectivity index (χ3n) is 1.71. The first-order chi connectivity index (χ1) is 6.61. The first-order valence-corrected chi connectivity index (χ1v) is 5.06. The molecule has 2 rings (SSSR count). The van der Waals surface area contributed by atoms with Gasteiger partial charge in [-0.25, -0.2) is 0 Å². The van der Waals surface area contributed by atoms with E-state index in [2.05, 4.69) is 0 Å². The highest BCUT2D eigenvalue weighted by atomic mass is 32.2. The Morgan fingerprint density at radius 2 is 1.71 bits per heavy atom. The van der Waals surface area contributed by atoms with Crippen molar-refractivity contribution in [3.05, 3.63) is 12.2 Å². The van der Waals surface area contributed by atoms with Crippen molar-refractivity contribution < 1.29 is 14.4 Å². The summed E-state index contributed by atoms with van der Waals surface area (Å²) in [4.78, 5) is 33.7. The monoisotopic (exact) mass is 228 g/mol. The highest BCUT2D eigenvalue weighted by Crippen LogP contribution is 2.23. The van der Waals surface area contributed by atoms with Crippen LogP contribution in [-0.4, -0.2) is 37.8 Å². The number of imide groups is 1. The van der Waals surface area contributed by atoms with E-state index >= 15 is 0 Å². The first-order valence-electron chi connectivity index (χ1n) is 3.67. The molecule has 0 aromatic heterocycles. The number of hydrogen-bond acceptors (Lipinski definition) is 5. The number of thioether (sulfide) groups is 1. The zero-order valence-electron chi connectivity index (χ0n) is 6.80. The lowest BCUT2D eigenvalue weighted by molar-refractivity contribution is -0.156. The minimum atomic E-state index is -0.534. The molecular weight excluding hydrogens is 224 g/mol. The fourth-order valence-corrected chi connectivity index (χ4v) is 2.17. The largest absolute Gasteiger partial charge is 0.273 e. The second kappa shape index (κ2) is 3.18. The lowest BCUT2D eigenvalue weighted by Crippen LogP contribution is -2.48. The molecule has 1 fully saturated rings. The molecule has 1 saturated heterocycles. The second-order valence-electron chi connectivity index (χ2n) is 2.58. The van der Waals surface area contributed by atoms with E-state index < -0.39 is 11.8 Å². The van der Waals surface area contributed by atoms with Gasteiger partial charge in [0.05, 0.1) is 5.75 Å². The van der Waals surface area contributed by atoms with Crippen LogP contribution in [0.4, 0.5) is 0 Å². The highest BCUT2D eigenvalue weighted by molar-refractivity contribution is 8.23. The molecule has 7 heteroatoms. The SMILES string of the molecule is O=C1C=CC(=O)N1N1C(=O)CSC1=S. The molecular formula is C7H4N2O3S2. The van der Waals surface area contributed by atoms with Crippen LogP contribution in [0.2, 0.25) is 0 Å². The number of hydrogen-bond donors (Lipinski definition) is 0. The van der Waals surface area contributed by atoms with E-state index in [-0.39, 0.29) is 16.0 Å². The zero-order valence-corrected chi connectivity index (χ0v) is 8.43. The summed E-state index contributed by atoms with van der Waals surface area (Å²) in [7, 11) is 0. The van der Waals surface area contributed by atoms with Gasteiger partial charge in [-0.2, -0.15) is 10.0 Å². The van der Waals surface area contributed by atoms with Crippen LogP contribution >= 0.6 is 24.0 Å². The number of rotatable bonds is 1. The predicted octanol–water partition coefficient (Wildman–Crippen LogP) is -0.313. The van der Waals surface area contributed by atoms with Crippen molar-refractivity contribution in [3.8, 4) is 0 Å². The second-order valence-corrected chi connectivity index (χ2v) is 4.19. The molecule has 14 heavy (non-hydrogen) atoms. The molecule has 5 nitrogen and oxygen atoms in total. The topological polar surface area (TPSA) is 57.7 Å². The van der Waals surface area contributed by atoms with Crippen LogP contribution in [0.15, 0.2) is 12.2 Å². The highest BCUT2D eigenvalue weighted by Gasteiger charge is 2.39. The molecule has 3 amide bonds. The molecule has 2 aliphatic heterocycles. The third-order valence-corrected chi connectivity index (χ3v) is 3.05. The van der Waals surface area contributed by atoms with E-state index in [1.807, 2.05) is 0 Å². The van der Waals surface area contributed by atoms with Gasteiger partial charge < -0.3 is 0 Å². The minimum absolute atomic E-state index is 0.176. The molecule has 2 heterocycles. The van der Waals surface area contributed by atoms with Crippen LogP contribution in [0.3, 0.4) is 0 Å².